The maximum atomic E-state index is 11.1. The van der Waals surface area contributed by atoms with Crippen LogP contribution in [0.5, 0.6) is 0 Å². The standard InChI is InChI=1S/C25H26O2P/c1-21(18-19-27-22(2)26)20-28(23-12-6-3-7-13-23,24-14-8-4-9-15-24)25-16-10-5-11-17-25/h3-18H,19-20H2,1-2H3/q+1/b21-18+. The molecule has 0 fully saturated rings. The minimum absolute atomic E-state index is 0.251. The van der Waals surface area contributed by atoms with E-state index in [0.29, 0.717) is 6.61 Å². The van der Waals surface area contributed by atoms with Gasteiger partial charge in [0.05, 0.1) is 6.16 Å². The van der Waals surface area contributed by atoms with Crippen molar-refractivity contribution in [2.24, 2.45) is 0 Å². The largest absolute Gasteiger partial charge is 0.462 e. The van der Waals surface area contributed by atoms with Crippen LogP contribution in [0, 0.1) is 0 Å². The van der Waals surface area contributed by atoms with Gasteiger partial charge in [0, 0.05) is 6.92 Å². The molecule has 2 nitrogen and oxygen atoms in total. The van der Waals surface area contributed by atoms with Gasteiger partial charge in [-0.3, -0.25) is 4.79 Å². The van der Waals surface area contributed by atoms with E-state index in [4.69, 9.17) is 4.74 Å². The third-order valence-electron chi connectivity index (χ3n) is 4.80. The van der Waals surface area contributed by atoms with E-state index in [0.717, 1.165) is 6.16 Å². The van der Waals surface area contributed by atoms with Crippen molar-refractivity contribution in [3.63, 3.8) is 0 Å². The number of carbonyl (C=O) groups excluding carboxylic acids is 1. The van der Waals surface area contributed by atoms with E-state index in [1.54, 1.807) is 0 Å². The summed E-state index contributed by atoms with van der Waals surface area (Å²) < 4.78 is 5.14. The molecule has 142 valence electrons. The smallest absolute Gasteiger partial charge is 0.302 e. The number of allylic oxidation sites excluding steroid dienone is 1. The first kappa shape index (κ1) is 20.0. The van der Waals surface area contributed by atoms with Crippen molar-refractivity contribution < 1.29 is 9.53 Å². The quantitative estimate of drug-likeness (QED) is 0.338. The lowest BCUT2D eigenvalue weighted by Gasteiger charge is -2.28. The Bertz CT molecular complexity index is 822. The normalized spacial score (nSPS) is 11.9. The van der Waals surface area contributed by atoms with E-state index in [-0.39, 0.29) is 5.97 Å². The van der Waals surface area contributed by atoms with Crippen LogP contribution in [0.3, 0.4) is 0 Å². The molecule has 0 aliphatic heterocycles. The van der Waals surface area contributed by atoms with Gasteiger partial charge in [-0.1, -0.05) is 54.6 Å². The number of esters is 1. The van der Waals surface area contributed by atoms with Gasteiger partial charge < -0.3 is 4.74 Å². The van der Waals surface area contributed by atoms with Crippen molar-refractivity contribution in [2.75, 3.05) is 12.8 Å². The van der Waals surface area contributed by atoms with Crippen LogP contribution in [0.1, 0.15) is 13.8 Å². The Kier molecular flexibility index (Phi) is 6.79. The fraction of sp³-hybridized carbons (Fsp3) is 0.160. The summed E-state index contributed by atoms with van der Waals surface area (Å²) in [6.07, 6.45) is 2.94. The molecule has 0 atom stereocenters. The molecule has 0 bridgehead atoms. The number of rotatable bonds is 7. The molecule has 3 aromatic rings. The minimum Gasteiger partial charge on any atom is -0.462 e. The van der Waals surface area contributed by atoms with E-state index in [9.17, 15) is 4.79 Å². The zero-order chi connectivity index (χ0) is 19.8. The van der Waals surface area contributed by atoms with Crippen molar-refractivity contribution in [3.05, 3.63) is 103 Å². The zero-order valence-electron chi connectivity index (χ0n) is 16.4. The number of ether oxygens (including phenoxy) is 1. The summed E-state index contributed by atoms with van der Waals surface area (Å²) in [6, 6.07) is 32.4. The first-order valence-corrected chi connectivity index (χ1v) is 11.4. The van der Waals surface area contributed by atoms with Gasteiger partial charge in [-0.05, 0) is 55.0 Å². The van der Waals surface area contributed by atoms with E-state index in [1.165, 1.54) is 28.4 Å². The Morgan fingerprint density at radius 3 is 1.50 bits per heavy atom. The van der Waals surface area contributed by atoms with Gasteiger partial charge in [0.2, 0.25) is 0 Å². The minimum atomic E-state index is -1.88. The summed E-state index contributed by atoms with van der Waals surface area (Å²) in [4.78, 5) is 11.1. The van der Waals surface area contributed by atoms with Gasteiger partial charge in [-0.25, -0.2) is 0 Å². The number of hydrogen-bond donors (Lipinski definition) is 0. The molecule has 3 aromatic carbocycles. The van der Waals surface area contributed by atoms with E-state index in [2.05, 4.69) is 97.9 Å². The molecule has 0 aromatic heterocycles. The average molecular weight is 389 g/mol. The maximum Gasteiger partial charge on any atom is 0.302 e. The Labute approximate surface area is 168 Å². The third-order valence-corrected chi connectivity index (χ3v) is 9.31. The Morgan fingerprint density at radius 2 is 1.14 bits per heavy atom. The van der Waals surface area contributed by atoms with Gasteiger partial charge in [0.15, 0.2) is 0 Å². The van der Waals surface area contributed by atoms with Crippen LogP contribution in [0.4, 0.5) is 0 Å². The molecule has 0 spiro atoms. The molecular formula is C25H26O2P+. The zero-order valence-corrected chi connectivity index (χ0v) is 17.3. The molecule has 3 heteroatoms. The van der Waals surface area contributed by atoms with Crippen LogP contribution < -0.4 is 15.9 Å². The van der Waals surface area contributed by atoms with Crippen LogP contribution in [-0.2, 0) is 9.53 Å². The van der Waals surface area contributed by atoms with E-state index in [1.807, 2.05) is 6.08 Å². The van der Waals surface area contributed by atoms with Crippen LogP contribution in [0.2, 0.25) is 0 Å². The first-order chi connectivity index (χ1) is 13.6. The molecule has 0 radical (unpaired) electrons. The highest BCUT2D eigenvalue weighted by atomic mass is 31.2. The summed E-state index contributed by atoms with van der Waals surface area (Å²) >= 11 is 0. The highest BCUT2D eigenvalue weighted by Gasteiger charge is 2.45. The molecule has 0 heterocycles. The fourth-order valence-corrected chi connectivity index (χ4v) is 7.87. The topological polar surface area (TPSA) is 26.3 Å². The molecular weight excluding hydrogens is 363 g/mol. The van der Waals surface area contributed by atoms with E-state index < -0.39 is 7.26 Å². The monoisotopic (exact) mass is 389 g/mol. The number of hydrogen-bond acceptors (Lipinski definition) is 2. The van der Waals surface area contributed by atoms with Crippen LogP contribution in [0.25, 0.3) is 0 Å². The number of benzene rings is 3. The molecule has 0 saturated heterocycles. The maximum absolute atomic E-state index is 11.1. The lowest BCUT2D eigenvalue weighted by Crippen LogP contribution is -2.33. The van der Waals surface area contributed by atoms with Crippen molar-refractivity contribution in [1.82, 2.24) is 0 Å². The second-order valence-corrected chi connectivity index (χ2v) is 10.3. The molecule has 0 N–H and O–H groups in total. The van der Waals surface area contributed by atoms with Gasteiger partial charge in [0.25, 0.3) is 0 Å². The highest BCUT2D eigenvalue weighted by Crippen LogP contribution is 2.56. The molecule has 0 saturated carbocycles. The third kappa shape index (κ3) is 4.58. The van der Waals surface area contributed by atoms with Crippen molar-refractivity contribution in [3.8, 4) is 0 Å². The van der Waals surface area contributed by atoms with Gasteiger partial charge in [-0.15, -0.1) is 0 Å². The van der Waals surface area contributed by atoms with Crippen molar-refractivity contribution in [2.45, 2.75) is 13.8 Å². The molecule has 3 rings (SSSR count). The summed E-state index contributed by atoms with van der Waals surface area (Å²) in [6.45, 7) is 3.89. The Hall–Kier alpha value is -2.70. The summed E-state index contributed by atoms with van der Waals surface area (Å²) in [5, 5.41) is 4.06. The van der Waals surface area contributed by atoms with Crippen molar-refractivity contribution >= 4 is 29.1 Å². The molecule has 0 amide bonds. The SMILES string of the molecule is CC(=O)OC/C=C(\C)C[P+](c1ccccc1)(c1ccccc1)c1ccccc1. The Balaban J connectivity index is 2.15. The van der Waals surface area contributed by atoms with E-state index >= 15 is 0 Å². The van der Waals surface area contributed by atoms with Gasteiger partial charge >= 0.3 is 5.97 Å². The van der Waals surface area contributed by atoms with Crippen LogP contribution >= 0.6 is 7.26 Å². The number of carbonyl (C=O) groups is 1. The molecule has 28 heavy (non-hydrogen) atoms. The van der Waals surface area contributed by atoms with Crippen LogP contribution in [-0.4, -0.2) is 18.7 Å². The van der Waals surface area contributed by atoms with Crippen molar-refractivity contribution in [1.29, 1.82) is 0 Å². The lowest BCUT2D eigenvalue weighted by molar-refractivity contribution is -0.139. The predicted octanol–water partition coefficient (Wildman–Crippen LogP) is 4.49. The highest BCUT2D eigenvalue weighted by molar-refractivity contribution is 7.95. The average Bonchev–Trinajstić information content (AvgIpc) is 2.74. The first-order valence-electron chi connectivity index (χ1n) is 9.47. The molecule has 0 aliphatic carbocycles. The molecule has 0 aliphatic rings. The second-order valence-electron chi connectivity index (χ2n) is 6.83. The Morgan fingerprint density at radius 1 is 0.750 bits per heavy atom. The summed E-state index contributed by atoms with van der Waals surface area (Å²) in [7, 11) is -1.88. The molecule has 0 unspecified atom stereocenters. The second kappa shape index (κ2) is 9.48. The van der Waals surface area contributed by atoms with Gasteiger partial charge in [0.1, 0.15) is 29.8 Å². The van der Waals surface area contributed by atoms with Gasteiger partial charge in [-0.2, -0.15) is 0 Å². The summed E-state index contributed by atoms with van der Waals surface area (Å²) in [5.41, 5.74) is 1.23. The van der Waals surface area contributed by atoms with Crippen LogP contribution in [0.15, 0.2) is 103 Å². The predicted molar refractivity (Wildman–Crippen MR) is 120 cm³/mol. The lowest BCUT2D eigenvalue weighted by atomic mass is 10.3. The fourth-order valence-electron chi connectivity index (χ4n) is 3.51. The summed E-state index contributed by atoms with van der Waals surface area (Å²) in [5.74, 6) is -0.251.